The Bertz CT molecular complexity index is 1210. The van der Waals surface area contributed by atoms with E-state index in [1.54, 1.807) is 67.8 Å². The molecule has 0 saturated carbocycles. The number of amides is 4. The van der Waals surface area contributed by atoms with E-state index in [0.717, 1.165) is 0 Å². The number of benzene rings is 2. The zero-order valence-corrected chi connectivity index (χ0v) is 20.1. The largest absolute Gasteiger partial charge is 0.466 e. The number of pyridine rings is 1. The number of hydrogen-bond donors (Lipinski definition) is 4. The molecule has 0 radical (unpaired) electrons. The van der Waals surface area contributed by atoms with Crippen molar-refractivity contribution < 1.29 is 28.8 Å². The van der Waals surface area contributed by atoms with Crippen molar-refractivity contribution in [3.05, 3.63) is 90.3 Å². The monoisotopic (exact) mass is 505 g/mol. The van der Waals surface area contributed by atoms with Gasteiger partial charge in [0, 0.05) is 23.6 Å². The van der Waals surface area contributed by atoms with Crippen LogP contribution in [-0.2, 0) is 14.3 Å². The summed E-state index contributed by atoms with van der Waals surface area (Å²) in [6, 6.07) is 17.0. The third kappa shape index (κ3) is 8.98. The number of nitrogens with one attached hydrogen (secondary N) is 4. The van der Waals surface area contributed by atoms with E-state index >= 15 is 0 Å². The predicted octanol–water partition coefficient (Wildman–Crippen LogP) is 2.74. The van der Waals surface area contributed by atoms with Gasteiger partial charge in [0.1, 0.15) is 0 Å². The third-order valence-corrected chi connectivity index (χ3v) is 4.90. The van der Waals surface area contributed by atoms with E-state index < -0.39 is 29.9 Å². The van der Waals surface area contributed by atoms with Gasteiger partial charge in [-0.15, -0.1) is 0 Å². The lowest BCUT2D eigenvalue weighted by atomic mass is 10.1. The summed E-state index contributed by atoms with van der Waals surface area (Å²) in [4.78, 5) is 58.4. The number of hydrogen-bond acceptors (Lipinski definition) is 7. The van der Waals surface area contributed by atoms with Crippen LogP contribution < -0.4 is 26.3 Å². The van der Waals surface area contributed by atoms with Crippen LogP contribution in [0.3, 0.4) is 0 Å². The van der Waals surface area contributed by atoms with Crippen LogP contribution in [-0.4, -0.2) is 42.0 Å². The van der Waals surface area contributed by atoms with Crippen LogP contribution in [0.25, 0.3) is 0 Å². The molecule has 0 saturated heterocycles. The van der Waals surface area contributed by atoms with Crippen LogP contribution in [0.5, 0.6) is 5.75 Å². The third-order valence-electron chi connectivity index (χ3n) is 4.90. The van der Waals surface area contributed by atoms with E-state index in [-0.39, 0.29) is 25.1 Å². The first-order chi connectivity index (χ1) is 17.9. The standard InChI is InChI=1S/C26H27N5O6/c1-2-36-24(33)15-22(19-9-7-13-27-16-19)30-23(32)17-28-25(34)18-8-6-10-20(14-18)29-26(35)31-37-21-11-4-3-5-12-21/h3-14,16,22H,2,15,17H2,1H3,(H,28,34)(H,30,32)(H2,29,31,35). The maximum atomic E-state index is 12.6. The van der Waals surface area contributed by atoms with E-state index in [4.69, 9.17) is 9.57 Å². The molecule has 4 N–H and O–H groups in total. The summed E-state index contributed by atoms with van der Waals surface area (Å²) in [5, 5.41) is 7.81. The molecular weight excluding hydrogens is 478 g/mol. The van der Waals surface area contributed by atoms with Gasteiger partial charge in [0.25, 0.3) is 5.91 Å². The van der Waals surface area contributed by atoms with Gasteiger partial charge < -0.3 is 25.5 Å². The van der Waals surface area contributed by atoms with E-state index in [1.165, 1.54) is 12.1 Å². The number of rotatable bonds is 11. The summed E-state index contributed by atoms with van der Waals surface area (Å²) >= 11 is 0. The number of esters is 1. The lowest BCUT2D eigenvalue weighted by molar-refractivity contribution is -0.143. The van der Waals surface area contributed by atoms with Crippen molar-refractivity contribution in [2.45, 2.75) is 19.4 Å². The average molecular weight is 506 g/mol. The summed E-state index contributed by atoms with van der Waals surface area (Å²) < 4.78 is 4.99. The molecule has 192 valence electrons. The van der Waals surface area contributed by atoms with Crippen LogP contribution >= 0.6 is 0 Å². The van der Waals surface area contributed by atoms with Crippen molar-refractivity contribution >= 4 is 29.5 Å². The quantitative estimate of drug-likeness (QED) is 0.231. The fourth-order valence-electron chi connectivity index (χ4n) is 3.22. The highest BCUT2D eigenvalue weighted by Gasteiger charge is 2.20. The maximum Gasteiger partial charge on any atom is 0.352 e. The van der Waals surface area contributed by atoms with Gasteiger partial charge in [-0.25, -0.2) is 4.79 Å². The Labute approximate surface area is 213 Å². The molecule has 0 spiro atoms. The summed E-state index contributed by atoms with van der Waals surface area (Å²) in [5.41, 5.74) is 3.45. The van der Waals surface area contributed by atoms with Gasteiger partial charge in [-0.2, -0.15) is 5.48 Å². The molecule has 0 bridgehead atoms. The summed E-state index contributed by atoms with van der Waals surface area (Å²) in [6.07, 6.45) is 3.04. The summed E-state index contributed by atoms with van der Waals surface area (Å²) in [7, 11) is 0. The molecule has 0 aliphatic carbocycles. The van der Waals surface area contributed by atoms with Crippen LogP contribution in [0.15, 0.2) is 79.1 Å². The molecule has 11 heteroatoms. The number of hydroxylamine groups is 1. The van der Waals surface area contributed by atoms with Gasteiger partial charge in [0.2, 0.25) is 5.91 Å². The Morgan fingerprint density at radius 3 is 2.51 bits per heavy atom. The smallest absolute Gasteiger partial charge is 0.352 e. The molecule has 0 aliphatic rings. The lowest BCUT2D eigenvalue weighted by Gasteiger charge is -2.18. The molecule has 1 unspecified atom stereocenters. The Kier molecular flexibility index (Phi) is 9.97. The topological polar surface area (TPSA) is 148 Å². The van der Waals surface area contributed by atoms with E-state index in [9.17, 15) is 19.2 Å². The highest BCUT2D eigenvalue weighted by atomic mass is 16.7. The van der Waals surface area contributed by atoms with Crippen molar-refractivity contribution in [2.24, 2.45) is 0 Å². The highest BCUT2D eigenvalue weighted by Crippen LogP contribution is 2.16. The van der Waals surface area contributed by atoms with Crippen molar-refractivity contribution in [1.29, 1.82) is 0 Å². The number of aromatic nitrogens is 1. The number of nitrogens with zero attached hydrogens (tertiary/aromatic N) is 1. The number of para-hydroxylation sites is 1. The van der Waals surface area contributed by atoms with Crippen LogP contribution in [0.4, 0.5) is 10.5 Å². The molecule has 1 heterocycles. The Morgan fingerprint density at radius 1 is 0.973 bits per heavy atom. The number of ether oxygens (including phenoxy) is 1. The molecule has 3 rings (SSSR count). The van der Waals surface area contributed by atoms with Crippen molar-refractivity contribution in [3.8, 4) is 5.75 Å². The van der Waals surface area contributed by atoms with Crippen molar-refractivity contribution in [2.75, 3.05) is 18.5 Å². The minimum atomic E-state index is -0.665. The SMILES string of the molecule is CCOC(=O)CC(NC(=O)CNC(=O)c1cccc(NC(=O)NOc2ccccc2)c1)c1cccnc1. The van der Waals surface area contributed by atoms with E-state index in [1.807, 2.05) is 6.07 Å². The minimum Gasteiger partial charge on any atom is -0.466 e. The Hall–Kier alpha value is -4.93. The highest BCUT2D eigenvalue weighted by molar-refractivity contribution is 5.98. The summed E-state index contributed by atoms with van der Waals surface area (Å²) in [5.74, 6) is -1.04. The van der Waals surface area contributed by atoms with Gasteiger partial charge in [-0.1, -0.05) is 30.3 Å². The first kappa shape index (κ1) is 26.7. The van der Waals surface area contributed by atoms with Gasteiger partial charge in [-0.05, 0) is 48.9 Å². The second kappa shape index (κ2) is 13.8. The lowest BCUT2D eigenvalue weighted by Crippen LogP contribution is -2.39. The Balaban J connectivity index is 1.52. The molecule has 1 aromatic heterocycles. The molecular formula is C26H27N5O6. The second-order valence-corrected chi connectivity index (χ2v) is 7.65. The predicted molar refractivity (Wildman–Crippen MR) is 134 cm³/mol. The molecule has 11 nitrogen and oxygen atoms in total. The zero-order chi connectivity index (χ0) is 26.5. The molecule has 1 atom stereocenters. The molecule has 2 aromatic carbocycles. The second-order valence-electron chi connectivity index (χ2n) is 7.65. The molecule has 0 aliphatic heterocycles. The number of anilines is 1. The van der Waals surface area contributed by atoms with Gasteiger partial charge in [0.15, 0.2) is 5.75 Å². The van der Waals surface area contributed by atoms with Gasteiger partial charge >= 0.3 is 12.0 Å². The fourth-order valence-corrected chi connectivity index (χ4v) is 3.22. The first-order valence-corrected chi connectivity index (χ1v) is 11.5. The van der Waals surface area contributed by atoms with Gasteiger partial charge in [-0.3, -0.25) is 19.4 Å². The number of urea groups is 1. The molecule has 3 aromatic rings. The van der Waals surface area contributed by atoms with Crippen LogP contribution in [0.2, 0.25) is 0 Å². The Morgan fingerprint density at radius 2 is 1.78 bits per heavy atom. The normalized spacial score (nSPS) is 10.9. The van der Waals surface area contributed by atoms with Crippen LogP contribution in [0.1, 0.15) is 35.3 Å². The fraction of sp³-hybridized carbons (Fsp3) is 0.192. The number of carbonyl (C=O) groups excluding carboxylic acids is 4. The maximum absolute atomic E-state index is 12.6. The average Bonchev–Trinajstić information content (AvgIpc) is 2.91. The van der Waals surface area contributed by atoms with Crippen molar-refractivity contribution in [1.82, 2.24) is 21.1 Å². The zero-order valence-electron chi connectivity index (χ0n) is 20.1. The van der Waals surface area contributed by atoms with E-state index in [0.29, 0.717) is 17.0 Å². The summed E-state index contributed by atoms with van der Waals surface area (Å²) in [6.45, 7) is 1.58. The number of carbonyl (C=O) groups is 4. The minimum absolute atomic E-state index is 0.0804. The molecule has 37 heavy (non-hydrogen) atoms. The van der Waals surface area contributed by atoms with Crippen molar-refractivity contribution in [3.63, 3.8) is 0 Å². The van der Waals surface area contributed by atoms with Gasteiger partial charge in [0.05, 0.1) is 25.6 Å². The molecule has 4 amide bonds. The van der Waals surface area contributed by atoms with E-state index in [2.05, 4.69) is 26.4 Å². The molecule has 0 fully saturated rings. The van der Waals surface area contributed by atoms with Crippen LogP contribution in [0, 0.1) is 0 Å². The first-order valence-electron chi connectivity index (χ1n) is 11.5.